The van der Waals surface area contributed by atoms with Gasteiger partial charge >= 0.3 is 0 Å². The zero-order chi connectivity index (χ0) is 10.1. The van der Waals surface area contributed by atoms with Crippen molar-refractivity contribution in [3.05, 3.63) is 23.3 Å². The first-order valence-electron chi connectivity index (χ1n) is 4.75. The van der Waals surface area contributed by atoms with Crippen LogP contribution in [0.15, 0.2) is 12.1 Å². The predicted molar refractivity (Wildman–Crippen MR) is 55.6 cm³/mol. The molecule has 2 N–H and O–H groups in total. The number of nitrogens with two attached hydrogens (primary N) is 1. The van der Waals surface area contributed by atoms with Crippen LogP contribution in [0.25, 0.3) is 0 Å². The SMILES string of the molecule is COC[C@H]1Cc2cc(C)cc(N)c2O1. The van der Waals surface area contributed by atoms with E-state index in [-0.39, 0.29) is 6.10 Å². The van der Waals surface area contributed by atoms with Crippen LogP contribution in [0.3, 0.4) is 0 Å². The second-order valence-corrected chi connectivity index (χ2v) is 3.74. The molecule has 14 heavy (non-hydrogen) atoms. The van der Waals surface area contributed by atoms with Gasteiger partial charge in [0.15, 0.2) is 0 Å². The lowest BCUT2D eigenvalue weighted by Gasteiger charge is -2.09. The zero-order valence-corrected chi connectivity index (χ0v) is 8.54. The fourth-order valence-corrected chi connectivity index (χ4v) is 1.91. The normalized spacial score (nSPS) is 19.1. The van der Waals surface area contributed by atoms with Crippen molar-refractivity contribution in [2.45, 2.75) is 19.4 Å². The first-order chi connectivity index (χ1) is 6.70. The highest BCUT2D eigenvalue weighted by atomic mass is 16.5. The third kappa shape index (κ3) is 1.55. The van der Waals surface area contributed by atoms with Crippen molar-refractivity contribution in [1.29, 1.82) is 0 Å². The van der Waals surface area contributed by atoms with E-state index in [9.17, 15) is 0 Å². The molecule has 3 nitrogen and oxygen atoms in total. The molecule has 1 aromatic carbocycles. The number of methoxy groups -OCH3 is 1. The van der Waals surface area contributed by atoms with Crippen LogP contribution in [0, 0.1) is 6.92 Å². The summed E-state index contributed by atoms with van der Waals surface area (Å²) in [4.78, 5) is 0. The van der Waals surface area contributed by atoms with Gasteiger partial charge in [-0.3, -0.25) is 0 Å². The molecule has 1 atom stereocenters. The molecule has 1 aliphatic heterocycles. The first kappa shape index (κ1) is 9.34. The molecule has 0 aliphatic carbocycles. The highest BCUT2D eigenvalue weighted by molar-refractivity contribution is 5.60. The maximum atomic E-state index is 5.87. The number of ether oxygens (including phenoxy) is 2. The molecule has 0 spiro atoms. The summed E-state index contributed by atoms with van der Waals surface area (Å²) in [6, 6.07) is 4.06. The van der Waals surface area contributed by atoms with Gasteiger partial charge in [0.2, 0.25) is 0 Å². The van der Waals surface area contributed by atoms with E-state index in [0.29, 0.717) is 6.61 Å². The predicted octanol–water partition coefficient (Wildman–Crippen LogP) is 1.53. The van der Waals surface area contributed by atoms with Crippen molar-refractivity contribution in [3.8, 4) is 5.75 Å². The monoisotopic (exact) mass is 193 g/mol. The molecule has 0 amide bonds. The van der Waals surface area contributed by atoms with Gasteiger partial charge in [-0.25, -0.2) is 0 Å². The fourth-order valence-electron chi connectivity index (χ4n) is 1.91. The van der Waals surface area contributed by atoms with Crippen LogP contribution >= 0.6 is 0 Å². The van der Waals surface area contributed by atoms with Crippen LogP contribution in [-0.2, 0) is 11.2 Å². The first-order valence-corrected chi connectivity index (χ1v) is 4.75. The smallest absolute Gasteiger partial charge is 0.146 e. The Balaban J connectivity index is 2.26. The lowest BCUT2D eigenvalue weighted by molar-refractivity contribution is 0.0955. The van der Waals surface area contributed by atoms with E-state index in [1.807, 2.05) is 13.0 Å². The third-order valence-corrected chi connectivity index (χ3v) is 2.42. The molecular formula is C11H15NO2. The quantitative estimate of drug-likeness (QED) is 0.724. The maximum Gasteiger partial charge on any atom is 0.146 e. The van der Waals surface area contributed by atoms with E-state index in [0.717, 1.165) is 17.9 Å². The molecular weight excluding hydrogens is 178 g/mol. The summed E-state index contributed by atoms with van der Waals surface area (Å²) in [5.41, 5.74) is 8.98. The zero-order valence-electron chi connectivity index (χ0n) is 8.54. The van der Waals surface area contributed by atoms with E-state index in [1.54, 1.807) is 7.11 Å². The number of rotatable bonds is 2. The number of fused-ring (bicyclic) bond motifs is 1. The Kier molecular flexibility index (Phi) is 2.33. The van der Waals surface area contributed by atoms with E-state index >= 15 is 0 Å². The topological polar surface area (TPSA) is 44.5 Å². The summed E-state index contributed by atoms with van der Waals surface area (Å²) < 4.78 is 10.7. The molecule has 1 aromatic rings. The van der Waals surface area contributed by atoms with Gasteiger partial charge in [-0.05, 0) is 18.6 Å². The Morgan fingerprint density at radius 1 is 1.57 bits per heavy atom. The fraction of sp³-hybridized carbons (Fsp3) is 0.455. The number of hydrogen-bond acceptors (Lipinski definition) is 3. The van der Waals surface area contributed by atoms with Gasteiger partial charge < -0.3 is 15.2 Å². The van der Waals surface area contributed by atoms with E-state index < -0.39 is 0 Å². The van der Waals surface area contributed by atoms with Crippen molar-refractivity contribution < 1.29 is 9.47 Å². The molecule has 0 fully saturated rings. The second-order valence-electron chi connectivity index (χ2n) is 3.74. The van der Waals surface area contributed by atoms with Crippen LogP contribution in [0.5, 0.6) is 5.75 Å². The molecule has 0 aromatic heterocycles. The number of anilines is 1. The Labute approximate surface area is 83.8 Å². The summed E-state index contributed by atoms with van der Waals surface area (Å²) in [6.07, 6.45) is 1.02. The molecule has 1 heterocycles. The van der Waals surface area contributed by atoms with Crippen LogP contribution in [0.2, 0.25) is 0 Å². The summed E-state index contributed by atoms with van der Waals surface area (Å²) >= 11 is 0. The van der Waals surface area contributed by atoms with Gasteiger partial charge in [0, 0.05) is 19.1 Å². The standard InChI is InChI=1S/C11H15NO2/c1-7-3-8-5-9(6-13-2)14-11(8)10(12)4-7/h3-4,9H,5-6,12H2,1-2H3/t9-/m1/s1. The molecule has 76 valence electrons. The van der Waals surface area contributed by atoms with Gasteiger partial charge in [0.1, 0.15) is 11.9 Å². The van der Waals surface area contributed by atoms with Crippen LogP contribution in [0.1, 0.15) is 11.1 Å². The van der Waals surface area contributed by atoms with E-state index in [1.165, 1.54) is 11.1 Å². The molecule has 0 saturated carbocycles. The van der Waals surface area contributed by atoms with Crippen LogP contribution in [-0.4, -0.2) is 19.8 Å². The summed E-state index contributed by atoms with van der Waals surface area (Å²) in [6.45, 7) is 2.66. The number of benzene rings is 1. The molecule has 2 rings (SSSR count). The molecule has 0 bridgehead atoms. The van der Waals surface area contributed by atoms with Gasteiger partial charge in [0.05, 0.1) is 12.3 Å². The van der Waals surface area contributed by atoms with Crippen LogP contribution < -0.4 is 10.5 Å². The molecule has 0 saturated heterocycles. The Hall–Kier alpha value is -1.22. The third-order valence-electron chi connectivity index (χ3n) is 2.42. The highest BCUT2D eigenvalue weighted by Crippen LogP contribution is 2.35. The molecule has 3 heteroatoms. The van der Waals surface area contributed by atoms with Gasteiger partial charge in [0.25, 0.3) is 0 Å². The van der Waals surface area contributed by atoms with E-state index in [2.05, 4.69) is 6.07 Å². The Morgan fingerprint density at radius 3 is 3.07 bits per heavy atom. The van der Waals surface area contributed by atoms with Crippen molar-refractivity contribution in [3.63, 3.8) is 0 Å². The summed E-state index contributed by atoms with van der Waals surface area (Å²) in [5, 5.41) is 0. The average molecular weight is 193 g/mol. The average Bonchev–Trinajstić information content (AvgIpc) is 2.48. The number of nitrogen functional groups attached to an aromatic ring is 1. The number of aryl methyl sites for hydroxylation is 1. The van der Waals surface area contributed by atoms with Gasteiger partial charge in [-0.2, -0.15) is 0 Å². The largest absolute Gasteiger partial charge is 0.485 e. The van der Waals surface area contributed by atoms with Gasteiger partial charge in [-0.15, -0.1) is 0 Å². The minimum Gasteiger partial charge on any atom is -0.485 e. The molecule has 1 aliphatic rings. The van der Waals surface area contributed by atoms with Crippen molar-refractivity contribution in [2.75, 3.05) is 19.5 Å². The lowest BCUT2D eigenvalue weighted by atomic mass is 10.1. The van der Waals surface area contributed by atoms with E-state index in [4.69, 9.17) is 15.2 Å². The van der Waals surface area contributed by atoms with Crippen LogP contribution in [0.4, 0.5) is 5.69 Å². The Bertz CT molecular complexity index is 349. The minimum atomic E-state index is 0.124. The minimum absolute atomic E-state index is 0.124. The molecule has 0 radical (unpaired) electrons. The van der Waals surface area contributed by atoms with Crippen molar-refractivity contribution >= 4 is 5.69 Å². The summed E-state index contributed by atoms with van der Waals surface area (Å²) in [7, 11) is 1.68. The second kappa shape index (κ2) is 3.50. The molecule has 0 unspecified atom stereocenters. The maximum absolute atomic E-state index is 5.87. The summed E-state index contributed by atoms with van der Waals surface area (Å²) in [5.74, 6) is 0.845. The van der Waals surface area contributed by atoms with Gasteiger partial charge in [-0.1, -0.05) is 6.07 Å². The van der Waals surface area contributed by atoms with Crippen molar-refractivity contribution in [1.82, 2.24) is 0 Å². The van der Waals surface area contributed by atoms with Crippen molar-refractivity contribution in [2.24, 2.45) is 0 Å². The highest BCUT2D eigenvalue weighted by Gasteiger charge is 2.24. The lowest BCUT2D eigenvalue weighted by Crippen LogP contribution is -2.19. The Morgan fingerprint density at radius 2 is 2.36 bits per heavy atom. The number of hydrogen-bond donors (Lipinski definition) is 1.